The zero-order valence-electron chi connectivity index (χ0n) is 10.1. The summed E-state index contributed by atoms with van der Waals surface area (Å²) in [7, 11) is 3.33. The second-order valence-corrected chi connectivity index (χ2v) is 3.75. The molecule has 1 aromatic rings. The molecule has 0 radical (unpaired) electrons. The summed E-state index contributed by atoms with van der Waals surface area (Å²) in [4.78, 5) is 23.0. The van der Waals surface area contributed by atoms with Gasteiger partial charge in [0.05, 0.1) is 4.92 Å². The van der Waals surface area contributed by atoms with E-state index in [9.17, 15) is 19.3 Å². The van der Waals surface area contributed by atoms with Gasteiger partial charge in [0.15, 0.2) is 0 Å². The van der Waals surface area contributed by atoms with E-state index in [-0.39, 0.29) is 11.5 Å². The number of carbonyl (C=O) groups excluding carboxylic acids is 1. The predicted molar refractivity (Wildman–Crippen MR) is 63.9 cm³/mol. The Balaban J connectivity index is 2.93. The first-order valence-electron chi connectivity index (χ1n) is 5.31. The molecule has 6 nitrogen and oxygen atoms in total. The van der Waals surface area contributed by atoms with Crippen LogP contribution in [0.25, 0.3) is 0 Å². The van der Waals surface area contributed by atoms with Crippen LogP contribution in [0.3, 0.4) is 0 Å². The first-order valence-corrected chi connectivity index (χ1v) is 5.31. The van der Waals surface area contributed by atoms with Gasteiger partial charge in [-0.1, -0.05) is 0 Å². The van der Waals surface area contributed by atoms with Gasteiger partial charge in [-0.15, -0.1) is 0 Å². The average Bonchev–Trinajstić information content (AvgIpc) is 2.35. The Labute approximate surface area is 104 Å². The van der Waals surface area contributed by atoms with Crippen LogP contribution >= 0.6 is 0 Å². The first-order chi connectivity index (χ1) is 8.47. The number of likely N-dealkylation sites (N-methyl/N-ethyl adjacent to an activating group) is 2. The van der Waals surface area contributed by atoms with E-state index in [1.807, 2.05) is 0 Å². The summed E-state index contributed by atoms with van der Waals surface area (Å²) in [5.74, 6) is -1.33. The van der Waals surface area contributed by atoms with Crippen molar-refractivity contribution in [3.8, 4) is 0 Å². The maximum Gasteiger partial charge on any atom is 0.305 e. The summed E-state index contributed by atoms with van der Waals surface area (Å²) in [6, 6.07) is 3.12. The van der Waals surface area contributed by atoms with E-state index in [1.165, 1.54) is 11.0 Å². The molecule has 0 aromatic heterocycles. The summed E-state index contributed by atoms with van der Waals surface area (Å²) in [5.41, 5.74) is -0.593. The summed E-state index contributed by atoms with van der Waals surface area (Å²) in [6.07, 6.45) is 0. The van der Waals surface area contributed by atoms with Gasteiger partial charge in [0.1, 0.15) is 0 Å². The van der Waals surface area contributed by atoms with Crippen LogP contribution in [0.5, 0.6) is 0 Å². The highest BCUT2D eigenvalue weighted by Gasteiger charge is 2.19. The van der Waals surface area contributed by atoms with Crippen LogP contribution in [0, 0.1) is 15.9 Å². The molecule has 0 fully saturated rings. The molecule has 0 bridgehead atoms. The third kappa shape index (κ3) is 3.24. The van der Waals surface area contributed by atoms with E-state index < -0.39 is 16.4 Å². The highest BCUT2D eigenvalue weighted by Crippen LogP contribution is 2.19. The number of amides is 1. The third-order valence-electron chi connectivity index (χ3n) is 2.43. The van der Waals surface area contributed by atoms with Crippen molar-refractivity contribution < 1.29 is 14.1 Å². The SMILES string of the molecule is CNCCN(C)C(=O)c1ccc(F)c([N+](=O)[O-])c1. The highest BCUT2D eigenvalue weighted by atomic mass is 19.1. The second kappa shape index (κ2) is 6.06. The number of nitro benzene ring substituents is 1. The fourth-order valence-electron chi connectivity index (χ4n) is 1.39. The maximum atomic E-state index is 13.1. The van der Waals surface area contributed by atoms with Crippen molar-refractivity contribution in [2.45, 2.75) is 0 Å². The molecule has 1 rings (SSSR count). The molecule has 0 aliphatic rings. The van der Waals surface area contributed by atoms with Gasteiger partial charge < -0.3 is 10.2 Å². The van der Waals surface area contributed by atoms with Crippen LogP contribution in [0.2, 0.25) is 0 Å². The Morgan fingerprint density at radius 1 is 1.56 bits per heavy atom. The minimum Gasteiger partial charge on any atom is -0.340 e. The monoisotopic (exact) mass is 255 g/mol. The highest BCUT2D eigenvalue weighted by molar-refractivity contribution is 5.94. The minimum atomic E-state index is -0.950. The number of benzene rings is 1. The molecule has 0 saturated heterocycles. The zero-order chi connectivity index (χ0) is 13.7. The van der Waals surface area contributed by atoms with Gasteiger partial charge in [-0.05, 0) is 19.2 Å². The maximum absolute atomic E-state index is 13.1. The van der Waals surface area contributed by atoms with Crippen LogP contribution in [0.1, 0.15) is 10.4 Å². The molecule has 0 saturated carbocycles. The molecule has 0 aliphatic heterocycles. The average molecular weight is 255 g/mol. The van der Waals surface area contributed by atoms with Gasteiger partial charge in [0.2, 0.25) is 5.82 Å². The minimum absolute atomic E-state index is 0.0988. The predicted octanol–water partition coefficient (Wildman–Crippen LogP) is 1.03. The molecule has 0 heterocycles. The molecule has 0 atom stereocenters. The molecule has 1 amide bonds. The van der Waals surface area contributed by atoms with Gasteiger partial charge in [-0.25, -0.2) is 0 Å². The van der Waals surface area contributed by atoms with Crippen molar-refractivity contribution in [2.75, 3.05) is 27.2 Å². The first kappa shape index (κ1) is 14.0. The van der Waals surface area contributed by atoms with Gasteiger partial charge >= 0.3 is 5.69 Å². The summed E-state index contributed by atoms with van der Waals surface area (Å²) < 4.78 is 13.1. The van der Waals surface area contributed by atoms with E-state index >= 15 is 0 Å². The fraction of sp³-hybridized carbons (Fsp3) is 0.364. The topological polar surface area (TPSA) is 75.5 Å². The Kier molecular flexibility index (Phi) is 4.73. The molecule has 18 heavy (non-hydrogen) atoms. The molecule has 1 N–H and O–H groups in total. The molecule has 0 aliphatic carbocycles. The van der Waals surface area contributed by atoms with Crippen molar-refractivity contribution in [1.82, 2.24) is 10.2 Å². The molecular formula is C11H14FN3O3. The van der Waals surface area contributed by atoms with Crippen molar-refractivity contribution in [1.29, 1.82) is 0 Å². The van der Waals surface area contributed by atoms with Gasteiger partial charge in [0.25, 0.3) is 5.91 Å². The zero-order valence-corrected chi connectivity index (χ0v) is 10.1. The lowest BCUT2D eigenvalue weighted by atomic mass is 10.1. The number of nitrogens with zero attached hydrogens (tertiary/aromatic N) is 2. The Morgan fingerprint density at radius 3 is 2.78 bits per heavy atom. The van der Waals surface area contributed by atoms with Crippen molar-refractivity contribution in [2.24, 2.45) is 0 Å². The van der Waals surface area contributed by atoms with Crippen LogP contribution in [-0.4, -0.2) is 42.9 Å². The van der Waals surface area contributed by atoms with E-state index in [4.69, 9.17) is 0 Å². The number of rotatable bonds is 5. The lowest BCUT2D eigenvalue weighted by Gasteiger charge is -2.16. The van der Waals surface area contributed by atoms with Crippen LogP contribution < -0.4 is 5.32 Å². The second-order valence-electron chi connectivity index (χ2n) is 3.75. The van der Waals surface area contributed by atoms with Crippen LogP contribution in [-0.2, 0) is 0 Å². The number of nitrogens with one attached hydrogen (secondary N) is 1. The van der Waals surface area contributed by atoms with E-state index in [0.717, 1.165) is 12.1 Å². The van der Waals surface area contributed by atoms with E-state index in [2.05, 4.69) is 5.32 Å². The molecule has 0 unspecified atom stereocenters. The number of carbonyl (C=O) groups is 1. The smallest absolute Gasteiger partial charge is 0.305 e. The van der Waals surface area contributed by atoms with Crippen molar-refractivity contribution >= 4 is 11.6 Å². The lowest BCUT2D eigenvalue weighted by Crippen LogP contribution is -2.32. The van der Waals surface area contributed by atoms with Gasteiger partial charge in [-0.2, -0.15) is 4.39 Å². The summed E-state index contributed by atoms with van der Waals surface area (Å²) in [6.45, 7) is 1.06. The van der Waals surface area contributed by atoms with E-state index in [1.54, 1.807) is 14.1 Å². The number of hydrogen-bond acceptors (Lipinski definition) is 4. The molecule has 0 spiro atoms. The summed E-state index contributed by atoms with van der Waals surface area (Å²) >= 11 is 0. The molecular weight excluding hydrogens is 241 g/mol. The Hall–Kier alpha value is -2.02. The van der Waals surface area contributed by atoms with Crippen LogP contribution in [0.4, 0.5) is 10.1 Å². The Bertz CT molecular complexity index is 465. The molecule has 98 valence electrons. The molecule has 7 heteroatoms. The Morgan fingerprint density at radius 2 is 2.22 bits per heavy atom. The van der Waals surface area contributed by atoms with Crippen molar-refractivity contribution in [3.63, 3.8) is 0 Å². The quantitative estimate of drug-likeness (QED) is 0.629. The number of halogens is 1. The molecule has 1 aromatic carbocycles. The largest absolute Gasteiger partial charge is 0.340 e. The fourth-order valence-corrected chi connectivity index (χ4v) is 1.39. The lowest BCUT2D eigenvalue weighted by molar-refractivity contribution is -0.387. The standard InChI is InChI=1S/C11H14FN3O3/c1-13-5-6-14(2)11(16)8-3-4-9(12)10(7-8)15(17)18/h3-4,7,13H,5-6H2,1-2H3. The van der Waals surface area contributed by atoms with Crippen LogP contribution in [0.15, 0.2) is 18.2 Å². The third-order valence-corrected chi connectivity index (χ3v) is 2.43. The summed E-state index contributed by atoms with van der Waals surface area (Å²) in [5, 5.41) is 13.5. The number of nitro groups is 1. The normalized spacial score (nSPS) is 10.2. The van der Waals surface area contributed by atoms with Crippen molar-refractivity contribution in [3.05, 3.63) is 39.7 Å². The van der Waals surface area contributed by atoms with Gasteiger partial charge in [0, 0.05) is 31.8 Å². The van der Waals surface area contributed by atoms with Gasteiger partial charge in [-0.3, -0.25) is 14.9 Å². The number of hydrogen-bond donors (Lipinski definition) is 1. The van der Waals surface area contributed by atoms with E-state index in [0.29, 0.717) is 13.1 Å².